The van der Waals surface area contributed by atoms with E-state index in [1.165, 1.54) is 24.0 Å². The Kier molecular flexibility index (Phi) is 36.2. The molecule has 12 N–H and O–H groups in total. The van der Waals surface area contributed by atoms with E-state index in [1.54, 1.807) is 133 Å². The third-order valence-corrected chi connectivity index (χ3v) is 24.8. The highest BCUT2D eigenvalue weighted by atomic mass is 32.2. The number of pyridine rings is 6. The van der Waals surface area contributed by atoms with Crippen LogP contribution in [0.2, 0.25) is 0 Å². The fraction of sp³-hybridized carbons (Fsp3) is 0.236. The Morgan fingerprint density at radius 3 is 1.11 bits per heavy atom. The first-order valence-electron chi connectivity index (χ1n) is 47.3. The second kappa shape index (κ2) is 49.7. The molecule has 0 bridgehead atoms. The van der Waals surface area contributed by atoms with Crippen LogP contribution in [0.5, 0.6) is 69.0 Å². The van der Waals surface area contributed by atoms with Crippen LogP contribution < -0.4 is 62.8 Å². The molecule has 0 saturated heterocycles. The lowest BCUT2D eigenvalue weighted by molar-refractivity contribution is 0.466. The van der Waals surface area contributed by atoms with Crippen LogP contribution >= 0.6 is 11.8 Å². The monoisotopic (exact) mass is 2010 g/mol. The highest BCUT2D eigenvalue weighted by molar-refractivity contribution is 7.98. The molecule has 35 nitrogen and oxygen atoms in total. The molecule has 18 aromatic rings. The molecule has 37 heteroatoms. The summed E-state index contributed by atoms with van der Waals surface area (Å²) in [5, 5.41) is 2.01. The van der Waals surface area contributed by atoms with Crippen molar-refractivity contribution >= 4 is 73.5 Å². The van der Waals surface area contributed by atoms with Gasteiger partial charge in [0, 0.05) is 131 Å². The molecule has 0 amide bonds. The van der Waals surface area contributed by atoms with Crippen LogP contribution in [0.3, 0.4) is 0 Å². The summed E-state index contributed by atoms with van der Waals surface area (Å²) in [6.07, 6.45) is 29.3. The number of aryl methyl sites for hydroxylation is 6. The number of sulfone groups is 1. The SMILES string of the molecule is C=Cc1cc(Oc2cnc(C)nc2N)c(C(C)C)cn1.Cc1ncc(Oc2cc(-c3ccco3)ncc2C(C)C)c(N)n1.Cc1ncc(Oc2cc(-n3ccc4ccccc43)ncc2C(C)C)c(N)n1.Cc1ncc(Oc2cc(-n3cccc3)ncc2C(C)C)c(N)n1.Cc1ncc(Oc2cc(S(=O)(=O)Cc3ccccc3)ncc2C(C)C)c(N)n1.Cc1ncc(Oc2cc(SCc3ccccc3)ncc2C(C)C)c(N)n1. The minimum Gasteiger partial charge on any atom is -0.463 e. The Bertz CT molecular complexity index is 7510. The zero-order chi connectivity index (χ0) is 105. The third kappa shape index (κ3) is 29.1. The second-order valence-electron chi connectivity index (χ2n) is 35.6. The first-order chi connectivity index (χ1) is 70.4. The van der Waals surface area contributed by atoms with Gasteiger partial charge in [0.05, 0.1) is 65.4 Å². The Hall–Kier alpha value is -17.2. The predicted octanol–water partition coefficient (Wildman–Crippen LogP) is 24.0. The summed E-state index contributed by atoms with van der Waals surface area (Å²) < 4.78 is 70.9. The van der Waals surface area contributed by atoms with Crippen molar-refractivity contribution in [1.29, 1.82) is 0 Å². The molecule has 0 fully saturated rings. The van der Waals surface area contributed by atoms with Crippen LogP contribution in [-0.2, 0) is 21.3 Å². The van der Waals surface area contributed by atoms with Gasteiger partial charge in [-0.2, -0.15) is 0 Å². The molecule has 0 radical (unpaired) electrons. The lowest BCUT2D eigenvalue weighted by Gasteiger charge is -2.16. The van der Waals surface area contributed by atoms with Gasteiger partial charge in [-0.05, 0) is 136 Å². The van der Waals surface area contributed by atoms with Crippen molar-refractivity contribution in [3.63, 3.8) is 0 Å². The average molecular weight is 2010 g/mol. The van der Waals surface area contributed by atoms with Gasteiger partial charge in [-0.1, -0.05) is 169 Å². The molecule has 15 heterocycles. The molecule has 147 heavy (non-hydrogen) atoms. The van der Waals surface area contributed by atoms with Gasteiger partial charge in [-0.3, -0.25) is 9.97 Å². The van der Waals surface area contributed by atoms with E-state index in [2.05, 4.69) is 196 Å². The molecule has 0 spiro atoms. The molecule has 756 valence electrons. The number of nitrogen functional groups attached to an aromatic ring is 6. The standard InChI is InChI=1S/C21H21N5O.C20H22N4O3S.C20H22N4OS.C17H19N5O.C17H18N4O2.C15H18N4O/c1-13(2)16-11-24-20(26-9-8-15-6-4-5-7-17(15)26)10-18(16)27-19-12-23-14(3)25-21(19)22;1-13(2)16-10-23-19(28(25,26)12-15-7-5-4-6-8-15)9-17(16)27-18-11-22-14(3)24-20(18)21;1-13(2)16-10-23-19(26-12-15-7-5-4-6-8-15)9-17(16)25-18-11-22-14(3)24-20(18)21;1-11(2)13-9-20-16(22-6-4-5-7-22)8-14(13)23-15-10-19-12(3)21-17(15)18;1-10(2)12-8-20-13(14-5-4-6-22-14)7-15(12)23-16-9-19-11(3)21-17(16)18;1-5-11-6-13(12(7-18-11)9(2)3)20-14-8-17-10(4)19-15(14)16/h4-13H,1-3H3,(H2,22,23,25);4-11,13H,12H2,1-3H3,(H2,21,22,24);4-11,13H,12H2,1-3H3,(H2,21,22,24);4-11H,1-3H3,(H2,18,19,21);4-10H,1-3H3,(H2,18,19,21);5-9H,1H2,2-4H3,(H2,16,17,19). The summed E-state index contributed by atoms with van der Waals surface area (Å²) in [5.41, 5.74) is 45.8. The Morgan fingerprint density at radius 2 is 0.701 bits per heavy atom. The molecule has 0 aliphatic rings. The van der Waals surface area contributed by atoms with Crippen molar-refractivity contribution in [1.82, 2.24) is 98.8 Å². The number of hydrogen-bond donors (Lipinski definition) is 6. The van der Waals surface area contributed by atoms with Gasteiger partial charge in [0.15, 0.2) is 90.0 Å². The second-order valence-corrected chi connectivity index (χ2v) is 38.5. The van der Waals surface area contributed by atoms with Crippen molar-refractivity contribution in [2.24, 2.45) is 0 Å². The average Bonchev–Trinajstić information content (AvgIpc) is 1.79. The first kappa shape index (κ1) is 107. The van der Waals surface area contributed by atoms with Crippen LogP contribution in [-0.4, -0.2) is 107 Å². The van der Waals surface area contributed by atoms with Crippen molar-refractivity contribution in [3.8, 4) is 92.1 Å². The van der Waals surface area contributed by atoms with Gasteiger partial charge in [-0.25, -0.2) is 88.2 Å². The van der Waals surface area contributed by atoms with Crippen LogP contribution in [0.15, 0.2) is 272 Å². The van der Waals surface area contributed by atoms with E-state index in [4.69, 9.17) is 67.2 Å². The van der Waals surface area contributed by atoms with Gasteiger partial charge in [0.2, 0.25) is 0 Å². The molecule has 3 aromatic carbocycles. The predicted molar refractivity (Wildman–Crippen MR) is 575 cm³/mol. The minimum absolute atomic E-state index is 0.0534. The van der Waals surface area contributed by atoms with Gasteiger partial charge >= 0.3 is 0 Å². The molecule has 0 aliphatic heterocycles. The number of fused-ring (bicyclic) bond motifs is 1. The largest absolute Gasteiger partial charge is 0.463 e. The van der Waals surface area contributed by atoms with Crippen molar-refractivity contribution in [2.75, 3.05) is 34.4 Å². The van der Waals surface area contributed by atoms with E-state index in [-0.39, 0.29) is 57.9 Å². The smallest absolute Gasteiger partial charge is 0.199 e. The van der Waals surface area contributed by atoms with E-state index in [9.17, 15) is 8.42 Å². The number of rotatable bonds is 28. The molecule has 0 aliphatic carbocycles. The molecule has 0 atom stereocenters. The normalized spacial score (nSPS) is 11.1. The van der Waals surface area contributed by atoms with Gasteiger partial charge in [0.1, 0.15) is 86.8 Å². The number of nitrogens with two attached hydrogens (primary N) is 6. The fourth-order valence-corrected chi connectivity index (χ4v) is 16.5. The topological polar surface area (TPSA) is 501 Å². The van der Waals surface area contributed by atoms with Crippen LogP contribution in [0.25, 0.3) is 40.1 Å². The molecular formula is C110H120N26O9S2. The van der Waals surface area contributed by atoms with Gasteiger partial charge in [0.25, 0.3) is 0 Å². The third-order valence-electron chi connectivity index (χ3n) is 22.2. The van der Waals surface area contributed by atoms with E-state index in [0.29, 0.717) is 139 Å². The number of aromatic nitrogens is 20. The molecule has 0 saturated carbocycles. The summed E-state index contributed by atoms with van der Waals surface area (Å²) in [4.78, 5) is 76.2. The Balaban J connectivity index is 0.000000148. The first-order valence-corrected chi connectivity index (χ1v) is 50.0. The number of para-hydroxylation sites is 1. The zero-order valence-electron chi connectivity index (χ0n) is 85.2. The molecular weight excluding hydrogens is 1890 g/mol. The lowest BCUT2D eigenvalue weighted by atomic mass is 10.0. The Morgan fingerprint density at radius 1 is 0.347 bits per heavy atom. The lowest BCUT2D eigenvalue weighted by Crippen LogP contribution is -2.09. The fourth-order valence-electron chi connectivity index (χ4n) is 14.4. The van der Waals surface area contributed by atoms with Crippen LogP contribution in [0, 0.1) is 41.5 Å². The number of thioether (sulfide) groups is 1. The van der Waals surface area contributed by atoms with E-state index >= 15 is 0 Å². The number of furan rings is 1. The van der Waals surface area contributed by atoms with E-state index < -0.39 is 9.84 Å². The maximum absolute atomic E-state index is 12.8. The maximum atomic E-state index is 12.8. The summed E-state index contributed by atoms with van der Waals surface area (Å²) in [6, 6.07) is 48.0. The summed E-state index contributed by atoms with van der Waals surface area (Å²) >= 11 is 1.67. The zero-order valence-corrected chi connectivity index (χ0v) is 86.9. The minimum atomic E-state index is -3.64. The number of nitrogens with zero attached hydrogens (tertiary/aromatic N) is 20. The number of ether oxygens (including phenoxy) is 6. The summed E-state index contributed by atoms with van der Waals surface area (Å²) in [7, 11) is -3.64. The number of anilines is 6. The van der Waals surface area contributed by atoms with Crippen molar-refractivity contribution < 1.29 is 41.3 Å². The van der Waals surface area contributed by atoms with Crippen LogP contribution in [0.1, 0.15) is 204 Å². The summed E-state index contributed by atoms with van der Waals surface area (Å²) in [5.74, 6) is 16.1. The van der Waals surface area contributed by atoms with Crippen molar-refractivity contribution in [2.45, 2.75) is 182 Å². The van der Waals surface area contributed by atoms with Crippen LogP contribution in [0.4, 0.5) is 34.9 Å². The number of hydrogen-bond acceptors (Lipinski definition) is 34. The highest BCUT2D eigenvalue weighted by Gasteiger charge is 2.26. The number of benzene rings is 3. The quantitative estimate of drug-likeness (QED) is 0.0248. The van der Waals surface area contributed by atoms with Gasteiger partial charge in [-0.15, -0.1) is 11.8 Å². The molecule has 15 aromatic heterocycles. The van der Waals surface area contributed by atoms with Crippen molar-refractivity contribution in [3.05, 3.63) is 343 Å². The summed E-state index contributed by atoms with van der Waals surface area (Å²) in [6.45, 7) is 39.2. The van der Waals surface area contributed by atoms with E-state index in [1.807, 2.05) is 151 Å². The molecule has 18 rings (SSSR count). The highest BCUT2D eigenvalue weighted by Crippen LogP contribution is 2.42. The van der Waals surface area contributed by atoms with Gasteiger partial charge < -0.3 is 76.4 Å². The Labute approximate surface area is 859 Å². The maximum Gasteiger partial charge on any atom is 0.199 e. The van der Waals surface area contributed by atoms with E-state index in [0.717, 1.165) is 78.1 Å². The molecule has 0 unspecified atom stereocenters.